The molecule has 0 radical (unpaired) electrons. The van der Waals surface area contributed by atoms with Crippen molar-refractivity contribution in [3.63, 3.8) is 0 Å². The topological polar surface area (TPSA) is 257 Å². The average molecular weight is 705 g/mol. The number of hydrogen-bond acceptors (Lipinski definition) is 15. The Kier molecular flexibility index (Phi) is 16.5. The van der Waals surface area contributed by atoms with Gasteiger partial charge in [0.25, 0.3) is 0 Å². The molecule has 1 aliphatic rings. The van der Waals surface area contributed by atoms with Gasteiger partial charge < -0.3 is 35.2 Å². The summed E-state index contributed by atoms with van der Waals surface area (Å²) in [5.74, 6) is 0. The van der Waals surface area contributed by atoms with Crippen LogP contribution in [-0.4, -0.2) is 105 Å². The number of aromatic nitrogens is 2. The lowest BCUT2D eigenvalue weighted by molar-refractivity contribution is -0.383. The van der Waals surface area contributed by atoms with Gasteiger partial charge in [-0.2, -0.15) is 8.42 Å². The van der Waals surface area contributed by atoms with Crippen LogP contribution in [0.15, 0.2) is 28.9 Å². The van der Waals surface area contributed by atoms with Gasteiger partial charge in [-0.25, -0.2) is 8.81 Å². The van der Waals surface area contributed by atoms with Crippen LogP contribution in [0.5, 0.6) is 0 Å². The van der Waals surface area contributed by atoms with E-state index >= 15 is 0 Å². The van der Waals surface area contributed by atoms with Crippen molar-refractivity contribution in [2.75, 3.05) is 18.5 Å². The fourth-order valence-corrected chi connectivity index (χ4v) is 5.95. The van der Waals surface area contributed by atoms with Gasteiger partial charge in [0, 0.05) is 6.07 Å². The van der Waals surface area contributed by atoms with Crippen LogP contribution in [0.1, 0.15) is 84.0 Å². The number of ether oxygens (including phenoxy) is 2. The van der Waals surface area contributed by atoms with E-state index in [1.54, 1.807) is 6.08 Å². The van der Waals surface area contributed by atoms with E-state index in [4.69, 9.17) is 18.3 Å². The van der Waals surface area contributed by atoms with Crippen LogP contribution >= 0.6 is 0 Å². The van der Waals surface area contributed by atoms with Crippen LogP contribution in [0.25, 0.3) is 11.0 Å². The van der Waals surface area contributed by atoms with E-state index in [0.29, 0.717) is 6.42 Å². The highest BCUT2D eigenvalue weighted by molar-refractivity contribution is 7.80. The molecule has 2 unspecified atom stereocenters. The number of hydrogen-bond donors (Lipinski definition) is 6. The van der Waals surface area contributed by atoms with Gasteiger partial charge in [-0.15, -0.1) is 0 Å². The van der Waals surface area contributed by atoms with Crippen molar-refractivity contribution in [2.24, 2.45) is 0 Å². The predicted octanol–water partition coefficient (Wildman–Crippen LogP) is 3.17. The Morgan fingerprint density at radius 2 is 1.60 bits per heavy atom. The van der Waals surface area contributed by atoms with Gasteiger partial charge in [0.15, 0.2) is 11.8 Å². The monoisotopic (exact) mass is 704 g/mol. The zero-order valence-electron chi connectivity index (χ0n) is 27.0. The molecule has 0 bridgehead atoms. The number of aliphatic hydroxyl groups excluding tert-OH is 4. The molecule has 1 aromatic heterocycles. The molecular weight excluding hydrogens is 656 g/mol. The average Bonchev–Trinajstić information content (AvgIpc) is 3.54. The lowest BCUT2D eigenvalue weighted by Crippen LogP contribution is -2.59. The molecule has 272 valence electrons. The smallest absolute Gasteiger partial charge is 0.394 e. The van der Waals surface area contributed by atoms with E-state index in [-0.39, 0.29) is 16.7 Å². The highest BCUT2D eigenvalue weighted by Gasteiger charge is 2.44. The molecule has 1 saturated heterocycles. The van der Waals surface area contributed by atoms with Gasteiger partial charge in [-0.1, -0.05) is 83.3 Å². The number of unbranched alkanes of at least 4 members (excludes halogenated alkanes) is 11. The highest BCUT2D eigenvalue weighted by Crippen LogP contribution is 2.30. The molecular formula is C30H48N4O13S. The summed E-state index contributed by atoms with van der Waals surface area (Å²) in [6.07, 6.45) is 6.96. The first-order valence-corrected chi connectivity index (χ1v) is 17.7. The van der Waals surface area contributed by atoms with Gasteiger partial charge in [0.05, 0.1) is 29.9 Å². The van der Waals surface area contributed by atoms with Crippen molar-refractivity contribution in [2.45, 2.75) is 127 Å². The standard InChI is InChI=1S/C30H48N4O13S/c1-2-3-4-5-6-7-8-9-10-11-12-13-14-15-23(46-48(41,42)43)21(19-44-30-29(38)28(37)27(36)24(18-35)45-30)31-20-16-17-22(34(39)40)26-25(20)32-47-33-26/h14-17,21,23-24,27-31,35-38H,2-13,18-19H2,1H3,(H,41,42,43)/b15-14+/t21?,23?,24-,27+,28+,29-,30-/m1/s1. The lowest BCUT2D eigenvalue weighted by Gasteiger charge is -2.40. The van der Waals surface area contributed by atoms with Crippen LogP contribution in [0, 0.1) is 10.1 Å². The van der Waals surface area contributed by atoms with Crippen molar-refractivity contribution in [1.82, 2.24) is 10.3 Å². The van der Waals surface area contributed by atoms with Gasteiger partial charge in [0.2, 0.25) is 5.52 Å². The first-order valence-electron chi connectivity index (χ1n) is 16.4. The van der Waals surface area contributed by atoms with Crippen molar-refractivity contribution in [3.8, 4) is 0 Å². The molecule has 1 aliphatic heterocycles. The van der Waals surface area contributed by atoms with Gasteiger partial charge >= 0.3 is 16.1 Å². The molecule has 0 aliphatic carbocycles. The van der Waals surface area contributed by atoms with E-state index in [9.17, 15) is 43.5 Å². The maximum Gasteiger partial charge on any atom is 0.398 e. The number of rotatable bonds is 23. The Balaban J connectivity index is 1.72. The van der Waals surface area contributed by atoms with Crippen LogP contribution in [0.3, 0.4) is 0 Å². The number of non-ortho nitro benzene ring substituents is 1. The Morgan fingerprint density at radius 3 is 2.21 bits per heavy atom. The number of allylic oxidation sites excluding steroid dienone is 1. The summed E-state index contributed by atoms with van der Waals surface area (Å²) in [5, 5.41) is 61.9. The molecule has 2 heterocycles. The minimum Gasteiger partial charge on any atom is -0.394 e. The molecule has 17 nitrogen and oxygen atoms in total. The SMILES string of the molecule is CCCCCCCCCCCCC/C=C/C(OS(=O)(=O)O)C(CO[C@@H]1O[C@H](CO)[C@H](O)[C@H](O)[C@H]1O)Nc1ccc([N+](=O)[O-])c2nonc12. The Labute approximate surface area is 279 Å². The summed E-state index contributed by atoms with van der Waals surface area (Å²) in [6.45, 7) is 0.975. The number of nitro groups is 1. The van der Waals surface area contributed by atoms with Crippen molar-refractivity contribution in [1.29, 1.82) is 0 Å². The lowest BCUT2D eigenvalue weighted by atomic mass is 9.99. The van der Waals surface area contributed by atoms with Crippen LogP contribution in [0.2, 0.25) is 0 Å². The molecule has 0 spiro atoms. The van der Waals surface area contributed by atoms with Crippen molar-refractivity contribution >= 4 is 32.8 Å². The van der Waals surface area contributed by atoms with E-state index in [1.165, 1.54) is 57.1 Å². The van der Waals surface area contributed by atoms with Crippen LogP contribution in [-0.2, 0) is 24.1 Å². The zero-order valence-corrected chi connectivity index (χ0v) is 27.8. The van der Waals surface area contributed by atoms with Gasteiger partial charge in [0.1, 0.15) is 30.5 Å². The third kappa shape index (κ3) is 12.3. The van der Waals surface area contributed by atoms with Gasteiger partial charge in [-0.05, 0) is 29.2 Å². The number of anilines is 1. The first-order chi connectivity index (χ1) is 23.0. The molecule has 1 aromatic carbocycles. The largest absolute Gasteiger partial charge is 0.398 e. The second kappa shape index (κ2) is 20.0. The number of fused-ring (bicyclic) bond motifs is 1. The third-order valence-electron chi connectivity index (χ3n) is 8.15. The summed E-state index contributed by atoms with van der Waals surface area (Å²) >= 11 is 0. The Morgan fingerprint density at radius 1 is 0.979 bits per heavy atom. The minimum absolute atomic E-state index is 0.0717. The normalized spacial score (nSPS) is 23.1. The minimum atomic E-state index is -5.03. The van der Waals surface area contributed by atoms with E-state index < -0.39 is 77.1 Å². The molecule has 48 heavy (non-hydrogen) atoms. The molecule has 2 aromatic rings. The Hall–Kier alpha value is -2.81. The maximum atomic E-state index is 11.9. The molecule has 3 rings (SSSR count). The summed E-state index contributed by atoms with van der Waals surface area (Å²) in [4.78, 5) is 10.8. The van der Waals surface area contributed by atoms with Crippen molar-refractivity contribution < 1.29 is 56.6 Å². The third-order valence-corrected chi connectivity index (χ3v) is 8.62. The molecule has 0 saturated carbocycles. The summed E-state index contributed by atoms with van der Waals surface area (Å²) in [5.41, 5.74) is -0.569. The molecule has 18 heteroatoms. The molecule has 7 atom stereocenters. The number of nitrogens with zero attached hydrogens (tertiary/aromatic N) is 3. The van der Waals surface area contributed by atoms with E-state index in [2.05, 4.69) is 22.6 Å². The van der Waals surface area contributed by atoms with E-state index in [0.717, 1.165) is 31.7 Å². The fraction of sp³-hybridized carbons (Fsp3) is 0.733. The van der Waals surface area contributed by atoms with Gasteiger partial charge in [-0.3, -0.25) is 14.7 Å². The first kappa shape index (κ1) is 39.6. The number of nitrogens with one attached hydrogen (secondary N) is 1. The zero-order chi connectivity index (χ0) is 35.1. The molecule has 0 amide bonds. The maximum absolute atomic E-state index is 11.9. The van der Waals surface area contributed by atoms with Crippen LogP contribution in [0.4, 0.5) is 11.4 Å². The molecule has 6 N–H and O–H groups in total. The number of benzene rings is 1. The summed E-state index contributed by atoms with van der Waals surface area (Å²) < 4.78 is 54.2. The highest BCUT2D eigenvalue weighted by atomic mass is 32.3. The second-order valence-corrected chi connectivity index (χ2v) is 12.9. The molecule has 1 fully saturated rings. The fourth-order valence-electron chi connectivity index (χ4n) is 5.47. The summed E-state index contributed by atoms with van der Waals surface area (Å²) in [6, 6.07) is 1.20. The second-order valence-electron chi connectivity index (χ2n) is 11.9. The van der Waals surface area contributed by atoms with Crippen LogP contribution < -0.4 is 5.32 Å². The quantitative estimate of drug-likeness (QED) is 0.0319. The Bertz CT molecular complexity index is 1390. The van der Waals surface area contributed by atoms with Crippen molar-refractivity contribution in [3.05, 3.63) is 34.4 Å². The number of nitro benzene ring substituents is 1. The van der Waals surface area contributed by atoms with E-state index in [1.807, 2.05) is 0 Å². The summed E-state index contributed by atoms with van der Waals surface area (Å²) in [7, 11) is -5.03. The predicted molar refractivity (Wildman–Crippen MR) is 172 cm³/mol. The number of aliphatic hydroxyl groups is 4.